The van der Waals surface area contributed by atoms with E-state index in [0.717, 1.165) is 12.0 Å². The predicted octanol–water partition coefficient (Wildman–Crippen LogP) is 5.27. The quantitative estimate of drug-likeness (QED) is 0.739. The minimum Gasteiger partial charge on any atom is -0.485 e. The zero-order valence-electron chi connectivity index (χ0n) is 15.5. The van der Waals surface area contributed by atoms with Gasteiger partial charge in [0.1, 0.15) is 6.61 Å². The Kier molecular flexibility index (Phi) is 6.64. The molecule has 0 atom stereocenters. The summed E-state index contributed by atoms with van der Waals surface area (Å²) in [5.41, 5.74) is 2.32. The lowest BCUT2D eigenvalue weighted by molar-refractivity contribution is -0.116. The van der Waals surface area contributed by atoms with Crippen molar-refractivity contribution >= 4 is 11.7 Å². The molecule has 1 aliphatic rings. The molecule has 138 valence electrons. The van der Waals surface area contributed by atoms with Crippen LogP contribution in [0, 0.1) is 12.8 Å². The number of pyridine rings is 1. The van der Waals surface area contributed by atoms with Gasteiger partial charge >= 0.3 is 0 Å². The Morgan fingerprint density at radius 1 is 1.15 bits per heavy atom. The normalized spacial score (nSPS) is 14.8. The second-order valence-electron chi connectivity index (χ2n) is 7.16. The number of carbonyl (C=O) groups excluding carboxylic acids is 1. The van der Waals surface area contributed by atoms with E-state index in [9.17, 15) is 4.79 Å². The number of rotatable bonds is 7. The molecule has 0 saturated heterocycles. The van der Waals surface area contributed by atoms with Crippen LogP contribution in [0.4, 0.5) is 5.82 Å². The van der Waals surface area contributed by atoms with Crippen molar-refractivity contribution in [3.63, 3.8) is 0 Å². The number of hydrogen-bond acceptors (Lipinski definition) is 3. The van der Waals surface area contributed by atoms with Crippen LogP contribution in [0.1, 0.15) is 56.1 Å². The van der Waals surface area contributed by atoms with E-state index < -0.39 is 0 Å². The first-order chi connectivity index (χ1) is 12.7. The van der Waals surface area contributed by atoms with E-state index in [4.69, 9.17) is 4.74 Å². The number of hydrogen-bond donors (Lipinski definition) is 1. The number of carbonyl (C=O) groups is 1. The largest absolute Gasteiger partial charge is 0.485 e. The number of benzene rings is 1. The lowest BCUT2D eigenvalue weighted by Crippen LogP contribution is -2.16. The van der Waals surface area contributed by atoms with Gasteiger partial charge in [0, 0.05) is 12.6 Å². The molecular weight excluding hydrogens is 324 g/mol. The minimum absolute atomic E-state index is 0.0232. The highest BCUT2D eigenvalue weighted by Crippen LogP contribution is 2.28. The number of nitrogens with one attached hydrogen (secondary N) is 1. The summed E-state index contributed by atoms with van der Waals surface area (Å²) in [6.07, 6.45) is 9.70. The molecule has 2 aromatic rings. The summed E-state index contributed by atoms with van der Waals surface area (Å²) in [6, 6.07) is 11.8. The molecule has 1 aliphatic carbocycles. The Bertz CT molecular complexity index is 724. The summed E-state index contributed by atoms with van der Waals surface area (Å²) in [4.78, 5) is 16.6. The molecule has 1 fully saturated rings. The number of nitrogens with zero attached hydrogens (tertiary/aromatic N) is 1. The van der Waals surface area contributed by atoms with Crippen molar-refractivity contribution in [2.24, 2.45) is 5.92 Å². The van der Waals surface area contributed by atoms with Gasteiger partial charge in [-0.3, -0.25) is 4.79 Å². The third-order valence-corrected chi connectivity index (χ3v) is 5.18. The number of ether oxygens (including phenoxy) is 1. The Morgan fingerprint density at radius 2 is 1.96 bits per heavy atom. The van der Waals surface area contributed by atoms with Gasteiger partial charge in [0.25, 0.3) is 0 Å². The molecule has 0 spiro atoms. The van der Waals surface area contributed by atoms with E-state index in [-0.39, 0.29) is 5.91 Å². The van der Waals surface area contributed by atoms with Crippen molar-refractivity contribution in [1.29, 1.82) is 0 Å². The highest BCUT2D eigenvalue weighted by atomic mass is 16.5. The van der Waals surface area contributed by atoms with Crippen LogP contribution in [-0.4, -0.2) is 10.9 Å². The summed E-state index contributed by atoms with van der Waals surface area (Å²) in [6.45, 7) is 2.53. The van der Waals surface area contributed by atoms with Crippen LogP contribution in [0.2, 0.25) is 0 Å². The molecule has 26 heavy (non-hydrogen) atoms. The molecule has 1 heterocycles. The second kappa shape index (κ2) is 9.37. The molecule has 1 aromatic heterocycles. The first-order valence-electron chi connectivity index (χ1n) is 9.64. The van der Waals surface area contributed by atoms with E-state index in [1.165, 1.54) is 37.7 Å². The summed E-state index contributed by atoms with van der Waals surface area (Å²) in [5, 5.41) is 2.93. The summed E-state index contributed by atoms with van der Waals surface area (Å²) < 4.78 is 5.92. The lowest BCUT2D eigenvalue weighted by Gasteiger charge is -2.21. The fraction of sp³-hybridized carbons (Fsp3) is 0.455. The Hall–Kier alpha value is -2.36. The van der Waals surface area contributed by atoms with Crippen LogP contribution >= 0.6 is 0 Å². The molecule has 1 aromatic carbocycles. The maximum atomic E-state index is 12.3. The molecule has 1 amide bonds. The Balaban J connectivity index is 1.54. The van der Waals surface area contributed by atoms with Crippen molar-refractivity contribution in [3.05, 3.63) is 53.7 Å². The molecule has 0 bridgehead atoms. The van der Waals surface area contributed by atoms with Gasteiger partial charge in [-0.05, 0) is 42.5 Å². The monoisotopic (exact) mass is 352 g/mol. The number of amides is 1. The van der Waals surface area contributed by atoms with Gasteiger partial charge in [0.2, 0.25) is 5.91 Å². The van der Waals surface area contributed by atoms with E-state index in [1.54, 1.807) is 6.20 Å². The smallest absolute Gasteiger partial charge is 0.225 e. The SMILES string of the molecule is Cc1ccccc1COc1cccnc1NC(=O)CCC1CCCCC1. The van der Waals surface area contributed by atoms with Gasteiger partial charge in [0.15, 0.2) is 11.6 Å². The van der Waals surface area contributed by atoms with Crippen molar-refractivity contribution in [3.8, 4) is 5.75 Å². The average Bonchev–Trinajstić information content (AvgIpc) is 2.68. The van der Waals surface area contributed by atoms with Crippen LogP contribution < -0.4 is 10.1 Å². The van der Waals surface area contributed by atoms with Gasteiger partial charge in [-0.2, -0.15) is 0 Å². The van der Waals surface area contributed by atoms with Crippen molar-refractivity contribution in [1.82, 2.24) is 4.98 Å². The summed E-state index contributed by atoms with van der Waals surface area (Å²) >= 11 is 0. The summed E-state index contributed by atoms with van der Waals surface area (Å²) in [5.74, 6) is 1.85. The second-order valence-corrected chi connectivity index (χ2v) is 7.16. The molecule has 1 saturated carbocycles. The lowest BCUT2D eigenvalue weighted by atomic mass is 9.86. The zero-order valence-corrected chi connectivity index (χ0v) is 15.5. The third kappa shape index (κ3) is 5.32. The maximum Gasteiger partial charge on any atom is 0.225 e. The fourth-order valence-electron chi connectivity index (χ4n) is 3.53. The Labute approximate surface area is 156 Å². The van der Waals surface area contributed by atoms with Crippen molar-refractivity contribution < 1.29 is 9.53 Å². The van der Waals surface area contributed by atoms with Crippen LogP contribution in [0.15, 0.2) is 42.6 Å². The molecule has 0 unspecified atom stereocenters. The van der Waals surface area contributed by atoms with Crippen LogP contribution in [0.3, 0.4) is 0 Å². The third-order valence-electron chi connectivity index (χ3n) is 5.18. The predicted molar refractivity (Wildman–Crippen MR) is 104 cm³/mol. The zero-order chi connectivity index (χ0) is 18.2. The van der Waals surface area contributed by atoms with Crippen LogP contribution in [0.5, 0.6) is 5.75 Å². The van der Waals surface area contributed by atoms with E-state index >= 15 is 0 Å². The topological polar surface area (TPSA) is 51.2 Å². The molecule has 4 heteroatoms. The van der Waals surface area contributed by atoms with Crippen LogP contribution in [-0.2, 0) is 11.4 Å². The van der Waals surface area contributed by atoms with Gasteiger partial charge in [0.05, 0.1) is 0 Å². The molecular formula is C22H28N2O2. The standard InChI is InChI=1S/C22H28N2O2/c1-17-8-5-6-11-19(17)16-26-20-12-7-15-23-22(20)24-21(25)14-13-18-9-3-2-4-10-18/h5-8,11-12,15,18H,2-4,9-10,13-14,16H2,1H3,(H,23,24,25). The van der Waals surface area contributed by atoms with Gasteiger partial charge < -0.3 is 10.1 Å². The first-order valence-corrected chi connectivity index (χ1v) is 9.64. The average molecular weight is 352 g/mol. The van der Waals surface area contributed by atoms with E-state index in [0.29, 0.717) is 30.5 Å². The van der Waals surface area contributed by atoms with E-state index in [1.807, 2.05) is 30.3 Å². The van der Waals surface area contributed by atoms with Crippen molar-refractivity contribution in [2.75, 3.05) is 5.32 Å². The van der Waals surface area contributed by atoms with Gasteiger partial charge in [-0.1, -0.05) is 56.4 Å². The van der Waals surface area contributed by atoms with Gasteiger partial charge in [-0.15, -0.1) is 0 Å². The maximum absolute atomic E-state index is 12.3. The fourth-order valence-corrected chi connectivity index (χ4v) is 3.53. The molecule has 1 N–H and O–H groups in total. The highest BCUT2D eigenvalue weighted by Gasteiger charge is 2.16. The first kappa shape index (κ1) is 18.4. The number of aryl methyl sites for hydroxylation is 1. The number of anilines is 1. The molecule has 3 rings (SSSR count). The minimum atomic E-state index is 0.0232. The summed E-state index contributed by atoms with van der Waals surface area (Å²) in [7, 11) is 0. The molecule has 0 radical (unpaired) electrons. The van der Waals surface area contributed by atoms with E-state index in [2.05, 4.69) is 23.3 Å². The highest BCUT2D eigenvalue weighted by molar-refractivity contribution is 5.91. The molecule has 4 nitrogen and oxygen atoms in total. The van der Waals surface area contributed by atoms with Gasteiger partial charge in [-0.25, -0.2) is 4.98 Å². The molecule has 0 aliphatic heterocycles. The van der Waals surface area contributed by atoms with Crippen molar-refractivity contribution in [2.45, 2.75) is 58.5 Å². The number of aromatic nitrogens is 1. The van der Waals surface area contributed by atoms with Crippen LogP contribution in [0.25, 0.3) is 0 Å². The Morgan fingerprint density at radius 3 is 2.77 bits per heavy atom.